The number of hydrogen-bond donors (Lipinski definition) is 3. The van der Waals surface area contributed by atoms with Crippen molar-refractivity contribution in [2.75, 3.05) is 33.2 Å². The van der Waals surface area contributed by atoms with Crippen molar-refractivity contribution in [2.45, 2.75) is 70.4 Å². The van der Waals surface area contributed by atoms with Gasteiger partial charge in [-0.15, -0.1) is 0 Å². The maximum Gasteiger partial charge on any atom is 0.407 e. The third-order valence-electron chi connectivity index (χ3n) is 7.03. The molecule has 8 heteroatoms. The minimum atomic E-state index is -0.462. The van der Waals surface area contributed by atoms with Crippen LogP contribution in [0.3, 0.4) is 0 Å². The van der Waals surface area contributed by atoms with E-state index in [-0.39, 0.29) is 18.0 Å². The van der Waals surface area contributed by atoms with Gasteiger partial charge in [-0.25, -0.2) is 9.59 Å². The van der Waals surface area contributed by atoms with E-state index < -0.39 is 12.2 Å². The fourth-order valence-corrected chi connectivity index (χ4v) is 5.59. The van der Waals surface area contributed by atoms with Gasteiger partial charge in [-0.2, -0.15) is 0 Å². The van der Waals surface area contributed by atoms with E-state index in [4.69, 9.17) is 16.3 Å². The molecule has 1 aliphatic heterocycles. The van der Waals surface area contributed by atoms with Gasteiger partial charge in [0.2, 0.25) is 0 Å². The van der Waals surface area contributed by atoms with Crippen molar-refractivity contribution in [2.24, 2.45) is 11.8 Å². The number of urea groups is 1. The summed E-state index contributed by atoms with van der Waals surface area (Å²) in [6.45, 7) is 4.37. The number of likely N-dealkylation sites (N-methyl/N-ethyl adjacent to an activating group) is 1. The zero-order valence-corrected chi connectivity index (χ0v) is 21.4. The number of carbonyl (C=O) groups is 2. The van der Waals surface area contributed by atoms with E-state index in [9.17, 15) is 9.59 Å². The van der Waals surface area contributed by atoms with Crippen molar-refractivity contribution in [1.29, 1.82) is 0 Å². The number of carbonyl (C=O) groups excluding carboxylic acids is 2. The molecule has 7 nitrogen and oxygen atoms in total. The fraction of sp³-hybridized carbons (Fsp3) is 0.692. The van der Waals surface area contributed by atoms with E-state index in [1.54, 1.807) is 0 Å². The minimum Gasteiger partial charge on any atom is -0.441 e. The van der Waals surface area contributed by atoms with Crippen molar-refractivity contribution in [1.82, 2.24) is 20.9 Å². The van der Waals surface area contributed by atoms with Gasteiger partial charge in [0, 0.05) is 43.2 Å². The first-order chi connectivity index (χ1) is 16.5. The molecule has 1 aliphatic carbocycles. The van der Waals surface area contributed by atoms with Gasteiger partial charge in [-0.3, -0.25) is 0 Å². The van der Waals surface area contributed by atoms with Crippen molar-refractivity contribution in [3.05, 3.63) is 34.9 Å². The molecule has 0 unspecified atom stereocenters. The number of rotatable bonds is 9. The predicted octanol–water partition coefficient (Wildman–Crippen LogP) is 5.11. The molecule has 1 aromatic rings. The molecular formula is C26H41ClN4O3. The summed E-state index contributed by atoms with van der Waals surface area (Å²) in [5.41, 5.74) is 0.858. The molecule has 1 saturated heterocycles. The standard InChI is InChI=1S/C26H41ClN4O3/c1-3-29-26(33)34-24(20-11-7-13-22(27)16-20)21-12-8-14-31(18-21)25(32)30-23(17-28-2)15-19-9-5-4-6-10-19/h7,11,13,16,19,21,23-24,28H,3-6,8-10,12,14-15,17-18H2,1-2H3,(H,29,33)(H,30,32)/t21-,23+,24-/m1/s1. The molecule has 3 N–H and O–H groups in total. The van der Waals surface area contributed by atoms with Crippen molar-refractivity contribution in [3.8, 4) is 0 Å². The van der Waals surface area contributed by atoms with Crippen LogP contribution in [0.25, 0.3) is 0 Å². The number of piperidine rings is 1. The number of likely N-dealkylation sites (tertiary alicyclic amines) is 1. The number of nitrogens with one attached hydrogen (secondary N) is 3. The smallest absolute Gasteiger partial charge is 0.407 e. The Labute approximate surface area is 209 Å². The Balaban J connectivity index is 1.66. The molecule has 1 aromatic carbocycles. The van der Waals surface area contributed by atoms with Gasteiger partial charge in [0.25, 0.3) is 0 Å². The molecular weight excluding hydrogens is 452 g/mol. The van der Waals surface area contributed by atoms with Gasteiger partial charge in [0.15, 0.2) is 0 Å². The monoisotopic (exact) mass is 492 g/mol. The second-order valence-corrected chi connectivity index (χ2v) is 10.1. The second-order valence-electron chi connectivity index (χ2n) is 9.70. The van der Waals surface area contributed by atoms with Gasteiger partial charge in [0.1, 0.15) is 6.10 Å². The van der Waals surface area contributed by atoms with Gasteiger partial charge in [-0.05, 0) is 56.8 Å². The number of alkyl carbamates (subject to hydrolysis) is 1. The molecule has 1 saturated carbocycles. The summed E-state index contributed by atoms with van der Waals surface area (Å²) >= 11 is 6.24. The molecule has 3 rings (SSSR count). The lowest BCUT2D eigenvalue weighted by atomic mass is 9.85. The van der Waals surface area contributed by atoms with Crippen LogP contribution in [0.15, 0.2) is 24.3 Å². The SMILES string of the molecule is CCNC(=O)O[C@H](c1cccc(Cl)c1)[C@@H]1CCCN(C(=O)N[C@H](CNC)CC2CCCCC2)C1. The molecule has 34 heavy (non-hydrogen) atoms. The van der Waals surface area contributed by atoms with Crippen LogP contribution >= 0.6 is 11.6 Å². The molecule has 190 valence electrons. The predicted molar refractivity (Wildman–Crippen MR) is 136 cm³/mol. The number of halogens is 1. The minimum absolute atomic E-state index is 0.00154. The Hall–Kier alpha value is -1.99. The molecule has 0 radical (unpaired) electrons. The van der Waals surface area contributed by atoms with E-state index >= 15 is 0 Å². The maximum absolute atomic E-state index is 13.3. The Morgan fingerprint density at radius 1 is 1.18 bits per heavy atom. The number of benzene rings is 1. The highest BCUT2D eigenvalue weighted by Crippen LogP contribution is 2.34. The third kappa shape index (κ3) is 8.05. The van der Waals surface area contributed by atoms with Crippen LogP contribution in [0.4, 0.5) is 9.59 Å². The molecule has 3 atom stereocenters. The lowest BCUT2D eigenvalue weighted by molar-refractivity contribution is 0.0344. The van der Waals surface area contributed by atoms with Crippen molar-refractivity contribution in [3.63, 3.8) is 0 Å². The van der Waals surface area contributed by atoms with Crippen molar-refractivity contribution < 1.29 is 14.3 Å². The fourth-order valence-electron chi connectivity index (χ4n) is 5.39. The van der Waals surface area contributed by atoms with E-state index in [0.717, 1.165) is 31.4 Å². The summed E-state index contributed by atoms with van der Waals surface area (Å²) in [7, 11) is 1.94. The van der Waals surface area contributed by atoms with Crippen LogP contribution in [-0.2, 0) is 4.74 Å². The number of ether oxygens (including phenoxy) is 1. The summed E-state index contributed by atoms with van der Waals surface area (Å²) in [6.07, 6.45) is 8.32. The van der Waals surface area contributed by atoms with E-state index in [1.807, 2.05) is 43.1 Å². The highest BCUT2D eigenvalue weighted by Gasteiger charge is 2.34. The first-order valence-corrected chi connectivity index (χ1v) is 13.3. The van der Waals surface area contributed by atoms with Crippen molar-refractivity contribution >= 4 is 23.7 Å². The highest BCUT2D eigenvalue weighted by atomic mass is 35.5. The highest BCUT2D eigenvalue weighted by molar-refractivity contribution is 6.30. The van der Waals surface area contributed by atoms with Crippen LogP contribution < -0.4 is 16.0 Å². The number of hydrogen-bond acceptors (Lipinski definition) is 4. The normalized spacial score (nSPS) is 20.9. The lowest BCUT2D eigenvalue weighted by Gasteiger charge is -2.37. The molecule has 1 heterocycles. The summed E-state index contributed by atoms with van der Waals surface area (Å²) < 4.78 is 5.84. The molecule has 2 aliphatic rings. The quantitative estimate of drug-likeness (QED) is 0.447. The maximum atomic E-state index is 13.3. The van der Waals surface area contributed by atoms with Crippen LogP contribution in [-0.4, -0.2) is 56.3 Å². The van der Waals surface area contributed by atoms with Gasteiger partial charge >= 0.3 is 12.1 Å². The number of amides is 3. The van der Waals surface area contributed by atoms with Crippen LogP contribution in [0.1, 0.15) is 70.0 Å². The lowest BCUT2D eigenvalue weighted by Crippen LogP contribution is -2.52. The average molecular weight is 493 g/mol. The Morgan fingerprint density at radius 2 is 1.97 bits per heavy atom. The average Bonchev–Trinajstić information content (AvgIpc) is 2.83. The van der Waals surface area contributed by atoms with Gasteiger partial charge < -0.3 is 25.6 Å². The van der Waals surface area contributed by atoms with Gasteiger partial charge in [-0.1, -0.05) is 55.8 Å². The summed E-state index contributed by atoms with van der Waals surface area (Å²) in [5.74, 6) is 0.695. The van der Waals surface area contributed by atoms with Crippen LogP contribution in [0.2, 0.25) is 5.02 Å². The topological polar surface area (TPSA) is 82.7 Å². The Bertz CT molecular complexity index is 787. The Morgan fingerprint density at radius 3 is 2.68 bits per heavy atom. The first-order valence-electron chi connectivity index (χ1n) is 12.9. The van der Waals surface area contributed by atoms with E-state index in [2.05, 4.69) is 16.0 Å². The number of nitrogens with zero attached hydrogens (tertiary/aromatic N) is 1. The van der Waals surface area contributed by atoms with Gasteiger partial charge in [0.05, 0.1) is 0 Å². The van der Waals surface area contributed by atoms with E-state index in [1.165, 1.54) is 32.1 Å². The zero-order chi connectivity index (χ0) is 24.3. The first kappa shape index (κ1) is 26.6. The molecule has 2 fully saturated rings. The second kappa shape index (κ2) is 13.8. The van der Waals surface area contributed by atoms with Crippen LogP contribution in [0, 0.1) is 11.8 Å². The summed E-state index contributed by atoms with van der Waals surface area (Å²) in [5, 5.41) is 9.85. The molecule has 0 bridgehead atoms. The molecule has 0 aromatic heterocycles. The zero-order valence-electron chi connectivity index (χ0n) is 20.7. The molecule has 0 spiro atoms. The third-order valence-corrected chi connectivity index (χ3v) is 7.26. The Kier molecular flexibility index (Phi) is 10.8. The summed E-state index contributed by atoms with van der Waals surface area (Å²) in [4.78, 5) is 27.4. The summed E-state index contributed by atoms with van der Waals surface area (Å²) in [6, 6.07) is 7.55. The largest absolute Gasteiger partial charge is 0.441 e. The molecule has 3 amide bonds. The van der Waals surface area contributed by atoms with Crippen LogP contribution in [0.5, 0.6) is 0 Å². The van der Waals surface area contributed by atoms with E-state index in [0.29, 0.717) is 30.6 Å².